The first kappa shape index (κ1) is 32.0. The SMILES string of the molecule is CC1(C)c2ccccc2-c2cccc(-c3ccccc3N(c3ccc4c(c3)C3(CCc5ccccc53)c3ccccc3-4)c3ccccc3-c3ccccc3)c21. The minimum Gasteiger partial charge on any atom is -0.309 e. The maximum atomic E-state index is 2.55. The van der Waals surface area contributed by atoms with E-state index < -0.39 is 0 Å². The van der Waals surface area contributed by atoms with Crippen LogP contribution in [0.25, 0.3) is 44.5 Å². The topological polar surface area (TPSA) is 3.24 Å². The van der Waals surface area contributed by atoms with Crippen LogP contribution in [0.1, 0.15) is 53.6 Å². The third-order valence-corrected chi connectivity index (χ3v) is 12.9. The molecule has 0 saturated carbocycles. The lowest BCUT2D eigenvalue weighted by atomic mass is 9.73. The van der Waals surface area contributed by atoms with Crippen molar-refractivity contribution >= 4 is 17.1 Å². The second-order valence-corrected chi connectivity index (χ2v) is 16.0. The van der Waals surface area contributed by atoms with Gasteiger partial charge < -0.3 is 4.90 Å². The lowest BCUT2D eigenvalue weighted by molar-refractivity contribution is 0.626. The lowest BCUT2D eigenvalue weighted by Crippen LogP contribution is -2.24. The monoisotopic (exact) mass is 703 g/mol. The summed E-state index contributed by atoms with van der Waals surface area (Å²) in [5.41, 5.74) is 22.0. The highest BCUT2D eigenvalue weighted by Gasteiger charge is 2.48. The Bertz CT molecular complexity index is 2810. The average molecular weight is 704 g/mol. The molecule has 0 heterocycles. The molecule has 3 aliphatic carbocycles. The standard InChI is InChI=1S/C54H41N/c1-53(2)47-27-12-7-22-41(47)44-24-16-25-45(52(44)53)43-23-10-15-30-51(43)55(50-29-14-9-20-39(50)36-17-4-3-5-18-36)38-31-32-42-40-21-8-13-28-48(40)54(49(42)35-38)34-33-37-19-6-11-26-46(37)54/h3-32,35H,33-34H2,1-2H3. The van der Waals surface area contributed by atoms with E-state index in [1.807, 2.05) is 0 Å². The molecule has 8 aromatic rings. The molecule has 0 fully saturated rings. The van der Waals surface area contributed by atoms with Gasteiger partial charge in [0.1, 0.15) is 0 Å². The largest absolute Gasteiger partial charge is 0.309 e. The third-order valence-electron chi connectivity index (χ3n) is 12.9. The molecule has 3 aliphatic rings. The highest BCUT2D eigenvalue weighted by molar-refractivity contribution is 5.98. The van der Waals surface area contributed by atoms with Gasteiger partial charge in [0.15, 0.2) is 0 Å². The van der Waals surface area contributed by atoms with Gasteiger partial charge in [-0.15, -0.1) is 0 Å². The van der Waals surface area contributed by atoms with Crippen molar-refractivity contribution in [2.24, 2.45) is 0 Å². The van der Waals surface area contributed by atoms with Crippen LogP contribution in [0, 0.1) is 0 Å². The summed E-state index contributed by atoms with van der Waals surface area (Å²) >= 11 is 0. The fourth-order valence-corrected chi connectivity index (χ4v) is 10.6. The molecule has 0 N–H and O–H groups in total. The fourth-order valence-electron chi connectivity index (χ4n) is 10.6. The molecule has 0 amide bonds. The zero-order valence-electron chi connectivity index (χ0n) is 31.3. The Hall–Kier alpha value is -6.44. The van der Waals surface area contributed by atoms with Crippen LogP contribution in [0.5, 0.6) is 0 Å². The van der Waals surface area contributed by atoms with E-state index in [9.17, 15) is 0 Å². The predicted octanol–water partition coefficient (Wildman–Crippen LogP) is 14.1. The second-order valence-electron chi connectivity index (χ2n) is 16.0. The molecule has 8 aromatic carbocycles. The van der Waals surface area contributed by atoms with Crippen LogP contribution in [-0.2, 0) is 17.3 Å². The molecule has 0 bridgehead atoms. The Labute approximate surface area is 324 Å². The fraction of sp³-hybridized carbons (Fsp3) is 0.111. The van der Waals surface area contributed by atoms with Crippen LogP contribution in [0.2, 0.25) is 0 Å². The van der Waals surface area contributed by atoms with Crippen LogP contribution in [0.15, 0.2) is 188 Å². The normalized spacial score (nSPS) is 16.6. The first-order valence-electron chi connectivity index (χ1n) is 19.7. The smallest absolute Gasteiger partial charge is 0.0540 e. The van der Waals surface area contributed by atoms with Gasteiger partial charge in [-0.1, -0.05) is 178 Å². The van der Waals surface area contributed by atoms with Crippen LogP contribution >= 0.6 is 0 Å². The van der Waals surface area contributed by atoms with E-state index in [1.165, 1.54) is 89.3 Å². The molecule has 0 saturated heterocycles. The summed E-state index contributed by atoms with van der Waals surface area (Å²) in [7, 11) is 0. The average Bonchev–Trinajstić information content (AvgIpc) is 3.85. The number of hydrogen-bond acceptors (Lipinski definition) is 1. The molecule has 0 aliphatic heterocycles. The maximum absolute atomic E-state index is 2.55. The quantitative estimate of drug-likeness (QED) is 0.172. The number of fused-ring (bicyclic) bond motifs is 10. The minimum atomic E-state index is -0.182. The van der Waals surface area contributed by atoms with Crippen molar-refractivity contribution in [2.75, 3.05) is 4.90 Å². The van der Waals surface area contributed by atoms with E-state index in [2.05, 4.69) is 207 Å². The summed E-state index contributed by atoms with van der Waals surface area (Å²) in [6.45, 7) is 4.78. The van der Waals surface area contributed by atoms with Gasteiger partial charge in [-0.05, 0) is 104 Å². The predicted molar refractivity (Wildman–Crippen MR) is 230 cm³/mol. The van der Waals surface area contributed by atoms with E-state index in [0.717, 1.165) is 18.5 Å². The maximum Gasteiger partial charge on any atom is 0.0540 e. The zero-order chi connectivity index (χ0) is 36.7. The molecule has 1 atom stereocenters. The summed E-state index contributed by atoms with van der Waals surface area (Å²) in [6.07, 6.45) is 2.15. The zero-order valence-corrected chi connectivity index (χ0v) is 31.3. The van der Waals surface area contributed by atoms with E-state index >= 15 is 0 Å². The van der Waals surface area contributed by atoms with Gasteiger partial charge >= 0.3 is 0 Å². The number of anilines is 3. The number of nitrogens with zero attached hydrogens (tertiary/aromatic N) is 1. The van der Waals surface area contributed by atoms with Crippen molar-refractivity contribution in [3.8, 4) is 44.5 Å². The Morgan fingerprint density at radius 1 is 0.400 bits per heavy atom. The first-order valence-corrected chi connectivity index (χ1v) is 19.7. The molecule has 0 aromatic heterocycles. The van der Waals surface area contributed by atoms with E-state index in [4.69, 9.17) is 0 Å². The van der Waals surface area contributed by atoms with Gasteiger partial charge in [0.05, 0.1) is 11.4 Å². The molecule has 1 nitrogen and oxygen atoms in total. The van der Waals surface area contributed by atoms with Crippen molar-refractivity contribution in [2.45, 2.75) is 37.5 Å². The summed E-state index contributed by atoms with van der Waals surface area (Å²) in [4.78, 5) is 2.55. The van der Waals surface area contributed by atoms with Crippen molar-refractivity contribution in [1.29, 1.82) is 0 Å². The summed E-state index contributed by atoms with van der Waals surface area (Å²) in [5, 5.41) is 0. The minimum absolute atomic E-state index is 0.149. The summed E-state index contributed by atoms with van der Waals surface area (Å²) < 4.78 is 0. The first-order chi connectivity index (χ1) is 27.1. The van der Waals surface area contributed by atoms with Gasteiger partial charge in [0.2, 0.25) is 0 Å². The van der Waals surface area contributed by atoms with Gasteiger partial charge in [-0.25, -0.2) is 0 Å². The van der Waals surface area contributed by atoms with Crippen LogP contribution in [-0.4, -0.2) is 0 Å². The molecule has 262 valence electrons. The highest BCUT2D eigenvalue weighted by atomic mass is 15.1. The molecule has 11 rings (SSSR count). The molecule has 0 radical (unpaired) electrons. The van der Waals surface area contributed by atoms with Gasteiger partial charge in [-0.3, -0.25) is 0 Å². The second kappa shape index (κ2) is 12.0. The van der Waals surface area contributed by atoms with Crippen molar-refractivity contribution in [3.63, 3.8) is 0 Å². The summed E-state index contributed by atoms with van der Waals surface area (Å²) in [5.74, 6) is 0. The Kier molecular flexibility index (Phi) is 7.01. The third kappa shape index (κ3) is 4.53. The van der Waals surface area contributed by atoms with Crippen molar-refractivity contribution in [3.05, 3.63) is 221 Å². The van der Waals surface area contributed by atoms with Gasteiger partial charge in [0.25, 0.3) is 0 Å². The Morgan fingerprint density at radius 2 is 0.927 bits per heavy atom. The number of rotatable bonds is 5. The highest BCUT2D eigenvalue weighted by Crippen LogP contribution is 2.60. The van der Waals surface area contributed by atoms with E-state index in [0.29, 0.717) is 0 Å². The molecule has 55 heavy (non-hydrogen) atoms. The molecular formula is C54H41N. The van der Waals surface area contributed by atoms with E-state index in [-0.39, 0.29) is 10.8 Å². The molecule has 1 spiro atoms. The van der Waals surface area contributed by atoms with Gasteiger partial charge in [0, 0.05) is 27.6 Å². The lowest BCUT2D eigenvalue weighted by Gasteiger charge is -2.33. The number of para-hydroxylation sites is 2. The Balaban J connectivity index is 1.19. The molecule has 1 heteroatoms. The number of hydrogen-bond donors (Lipinski definition) is 0. The number of benzene rings is 8. The Morgan fingerprint density at radius 3 is 1.69 bits per heavy atom. The summed E-state index contributed by atoms with van der Waals surface area (Å²) in [6, 6.07) is 70.3. The van der Waals surface area contributed by atoms with Crippen molar-refractivity contribution < 1.29 is 0 Å². The van der Waals surface area contributed by atoms with E-state index in [1.54, 1.807) is 0 Å². The molecule has 1 unspecified atom stereocenters. The van der Waals surface area contributed by atoms with Crippen LogP contribution in [0.3, 0.4) is 0 Å². The van der Waals surface area contributed by atoms with Gasteiger partial charge in [-0.2, -0.15) is 0 Å². The molecular weight excluding hydrogens is 663 g/mol. The van der Waals surface area contributed by atoms with Crippen molar-refractivity contribution in [1.82, 2.24) is 0 Å². The number of aryl methyl sites for hydroxylation is 1. The van der Waals surface area contributed by atoms with Crippen LogP contribution in [0.4, 0.5) is 17.1 Å². The van der Waals surface area contributed by atoms with Crippen LogP contribution < -0.4 is 4.90 Å².